The summed E-state index contributed by atoms with van der Waals surface area (Å²) in [5.41, 5.74) is 2.05. The van der Waals surface area contributed by atoms with Gasteiger partial charge < -0.3 is 9.47 Å². The molecule has 2 nitrogen and oxygen atoms in total. The largest absolute Gasteiger partial charge is 0.348 e. The smallest absolute Gasteiger partial charge is 0.183 e. The molecule has 2 heteroatoms. The quantitative estimate of drug-likeness (QED) is 0.680. The zero-order valence-electron chi connectivity index (χ0n) is 11.0. The van der Waals surface area contributed by atoms with Gasteiger partial charge >= 0.3 is 0 Å². The Morgan fingerprint density at radius 3 is 2.25 bits per heavy atom. The van der Waals surface area contributed by atoms with Gasteiger partial charge in [0, 0.05) is 11.0 Å². The van der Waals surface area contributed by atoms with Gasteiger partial charge in [-0.05, 0) is 17.9 Å². The molecule has 1 aliphatic rings. The van der Waals surface area contributed by atoms with Crippen LogP contribution in [0.1, 0.15) is 34.1 Å². The first-order valence-corrected chi connectivity index (χ1v) is 5.98. The molecule has 1 rings (SSSR count). The fraction of sp³-hybridized carbons (Fsp3) is 0.714. The summed E-state index contributed by atoms with van der Waals surface area (Å²) in [6, 6.07) is 0. The van der Waals surface area contributed by atoms with Gasteiger partial charge in [0.2, 0.25) is 0 Å². The van der Waals surface area contributed by atoms with E-state index in [9.17, 15) is 0 Å². The molecule has 0 saturated carbocycles. The van der Waals surface area contributed by atoms with E-state index in [4.69, 9.17) is 9.47 Å². The van der Waals surface area contributed by atoms with E-state index in [0.29, 0.717) is 19.1 Å². The average Bonchev–Trinajstić information content (AvgIpc) is 2.26. The molecule has 92 valence electrons. The molecule has 0 aliphatic carbocycles. The highest BCUT2D eigenvalue weighted by Crippen LogP contribution is 2.30. The predicted octanol–water partition coefficient (Wildman–Crippen LogP) is 3.54. The summed E-state index contributed by atoms with van der Waals surface area (Å²) < 4.78 is 11.4. The highest BCUT2D eigenvalue weighted by molar-refractivity contribution is 5.29. The second kappa shape index (κ2) is 5.15. The van der Waals surface area contributed by atoms with Crippen molar-refractivity contribution in [2.75, 3.05) is 13.2 Å². The zero-order chi connectivity index (χ0) is 12.3. The van der Waals surface area contributed by atoms with Gasteiger partial charge in [0.25, 0.3) is 0 Å². The second-order valence-electron chi connectivity index (χ2n) is 5.48. The maximum atomic E-state index is 5.69. The Bertz CT molecular complexity index is 268. The number of ether oxygens (including phenoxy) is 2. The van der Waals surface area contributed by atoms with Crippen LogP contribution >= 0.6 is 0 Å². The van der Waals surface area contributed by atoms with Gasteiger partial charge in [-0.15, -0.1) is 0 Å². The van der Waals surface area contributed by atoms with Crippen molar-refractivity contribution in [3.8, 4) is 0 Å². The molecule has 0 spiro atoms. The summed E-state index contributed by atoms with van der Waals surface area (Å²) in [6.45, 7) is 18.1. The Balaban J connectivity index is 2.54. The minimum absolute atomic E-state index is 0.106. The monoisotopic (exact) mass is 224 g/mol. The number of rotatable bonds is 4. The molecular weight excluding hydrogens is 200 g/mol. The van der Waals surface area contributed by atoms with E-state index in [1.807, 2.05) is 0 Å². The lowest BCUT2D eigenvalue weighted by atomic mass is 9.92. The molecule has 1 atom stereocenters. The van der Waals surface area contributed by atoms with E-state index in [1.165, 1.54) is 0 Å². The fourth-order valence-corrected chi connectivity index (χ4v) is 1.61. The van der Waals surface area contributed by atoms with Gasteiger partial charge in [-0.3, -0.25) is 0 Å². The van der Waals surface area contributed by atoms with Crippen LogP contribution in [-0.2, 0) is 9.47 Å². The summed E-state index contributed by atoms with van der Waals surface area (Å²) in [4.78, 5) is 0. The van der Waals surface area contributed by atoms with Gasteiger partial charge in [-0.2, -0.15) is 0 Å². The Hall–Kier alpha value is -0.600. The molecule has 1 aliphatic heterocycles. The topological polar surface area (TPSA) is 18.5 Å². The highest BCUT2D eigenvalue weighted by atomic mass is 16.7. The number of hydrogen-bond acceptors (Lipinski definition) is 2. The molecule has 0 N–H and O–H groups in total. The van der Waals surface area contributed by atoms with Gasteiger partial charge in [0.1, 0.15) is 0 Å². The lowest BCUT2D eigenvalue weighted by Crippen LogP contribution is -2.38. The molecule has 1 saturated heterocycles. The molecule has 16 heavy (non-hydrogen) atoms. The first-order valence-electron chi connectivity index (χ1n) is 5.98. The van der Waals surface area contributed by atoms with Crippen LogP contribution in [0.2, 0.25) is 0 Å². The summed E-state index contributed by atoms with van der Waals surface area (Å²) in [5.74, 6) is 0.439. The van der Waals surface area contributed by atoms with E-state index in [1.54, 1.807) is 0 Å². The van der Waals surface area contributed by atoms with Crippen molar-refractivity contribution in [1.82, 2.24) is 0 Å². The molecule has 0 amide bonds. The van der Waals surface area contributed by atoms with E-state index < -0.39 is 0 Å². The lowest BCUT2D eigenvalue weighted by Gasteiger charge is -2.36. The maximum Gasteiger partial charge on any atom is 0.183 e. The minimum Gasteiger partial charge on any atom is -0.348 e. The van der Waals surface area contributed by atoms with Crippen LogP contribution in [0.3, 0.4) is 0 Å². The summed E-state index contributed by atoms with van der Waals surface area (Å²) in [6.07, 6.45) is 0.769. The number of hydrogen-bond donors (Lipinski definition) is 0. The van der Waals surface area contributed by atoms with Crippen molar-refractivity contribution in [2.24, 2.45) is 11.3 Å². The minimum atomic E-state index is -0.297. The van der Waals surface area contributed by atoms with Crippen molar-refractivity contribution in [3.05, 3.63) is 24.3 Å². The third kappa shape index (κ3) is 3.19. The molecule has 0 aromatic rings. The lowest BCUT2D eigenvalue weighted by molar-refractivity contribution is -0.202. The van der Waals surface area contributed by atoms with Crippen molar-refractivity contribution < 1.29 is 9.47 Å². The highest BCUT2D eigenvalue weighted by Gasteiger charge is 2.30. The van der Waals surface area contributed by atoms with Crippen LogP contribution in [0.25, 0.3) is 0 Å². The fourth-order valence-electron chi connectivity index (χ4n) is 1.61. The van der Waals surface area contributed by atoms with Crippen LogP contribution in [0.4, 0.5) is 0 Å². The Morgan fingerprint density at radius 2 is 1.81 bits per heavy atom. The van der Waals surface area contributed by atoms with Crippen molar-refractivity contribution in [3.63, 3.8) is 0 Å². The van der Waals surface area contributed by atoms with Crippen LogP contribution in [0, 0.1) is 11.3 Å². The molecule has 1 heterocycles. The first-order chi connectivity index (χ1) is 7.37. The summed E-state index contributed by atoms with van der Waals surface area (Å²) in [7, 11) is 0. The van der Waals surface area contributed by atoms with E-state index in [2.05, 4.69) is 40.9 Å². The summed E-state index contributed by atoms with van der Waals surface area (Å²) >= 11 is 0. The van der Waals surface area contributed by atoms with Crippen LogP contribution < -0.4 is 0 Å². The van der Waals surface area contributed by atoms with Gasteiger partial charge in [0.05, 0.1) is 13.2 Å². The van der Waals surface area contributed by atoms with Gasteiger partial charge in [-0.1, -0.05) is 40.9 Å². The SMILES string of the molecule is C=C(C(=C)C1OCC(C)(C)CO1)C(C)CC. The summed E-state index contributed by atoms with van der Waals surface area (Å²) in [5, 5.41) is 0. The van der Waals surface area contributed by atoms with Crippen LogP contribution in [0.15, 0.2) is 24.3 Å². The second-order valence-corrected chi connectivity index (χ2v) is 5.48. The maximum absolute atomic E-state index is 5.69. The van der Waals surface area contributed by atoms with Gasteiger partial charge in [0.15, 0.2) is 6.29 Å². The first kappa shape index (κ1) is 13.5. The van der Waals surface area contributed by atoms with Crippen LogP contribution in [0.5, 0.6) is 0 Å². The van der Waals surface area contributed by atoms with Crippen molar-refractivity contribution in [2.45, 2.75) is 40.4 Å². The molecular formula is C14H24O2. The van der Waals surface area contributed by atoms with Gasteiger partial charge in [-0.25, -0.2) is 0 Å². The normalized spacial score (nSPS) is 22.8. The Labute approximate surface area is 99.3 Å². The van der Waals surface area contributed by atoms with Crippen LogP contribution in [-0.4, -0.2) is 19.5 Å². The van der Waals surface area contributed by atoms with E-state index in [0.717, 1.165) is 17.6 Å². The van der Waals surface area contributed by atoms with E-state index in [-0.39, 0.29) is 11.7 Å². The average molecular weight is 224 g/mol. The molecule has 0 radical (unpaired) electrons. The molecule has 0 aromatic carbocycles. The third-order valence-corrected chi connectivity index (χ3v) is 3.16. The Kier molecular flexibility index (Phi) is 4.34. The van der Waals surface area contributed by atoms with Crippen molar-refractivity contribution >= 4 is 0 Å². The molecule has 0 bridgehead atoms. The van der Waals surface area contributed by atoms with E-state index >= 15 is 0 Å². The molecule has 1 unspecified atom stereocenters. The predicted molar refractivity (Wildman–Crippen MR) is 67.2 cm³/mol. The molecule has 0 aromatic heterocycles. The molecule has 1 fully saturated rings. The Morgan fingerprint density at radius 1 is 1.31 bits per heavy atom. The zero-order valence-corrected chi connectivity index (χ0v) is 11.0. The standard InChI is InChI=1S/C14H24O2/c1-7-10(2)11(3)12(4)13-15-8-14(5,6)9-16-13/h10,13H,3-4,7-9H2,1-2,5-6H3. The third-order valence-electron chi connectivity index (χ3n) is 3.16. The van der Waals surface area contributed by atoms with Crippen molar-refractivity contribution in [1.29, 1.82) is 0 Å².